The molecule has 1 N–H and O–H groups in total. The average Bonchev–Trinajstić information content (AvgIpc) is 3.00. The van der Waals surface area contributed by atoms with Crippen molar-refractivity contribution >= 4 is 56.5 Å². The van der Waals surface area contributed by atoms with E-state index in [1.165, 1.54) is 0 Å². The van der Waals surface area contributed by atoms with Gasteiger partial charge in [0.05, 0.1) is 16.0 Å². The summed E-state index contributed by atoms with van der Waals surface area (Å²) in [4.78, 5) is 38.8. The van der Waals surface area contributed by atoms with E-state index in [4.69, 9.17) is 9.47 Å². The Kier molecular flexibility index (Phi) is 8.35. The standard InChI is InChI=1S/C24H23BrN2O5S/c1-4-9-32-22-18(25)11-16(12-19(22)31-5-2)13-20-23(29)27(24(30)33-20)14-21(28)26-17-8-6-7-15(3)10-17/h4,6-8,10-13H,1,5,9,14H2,2-3H3,(H,26,28)/b20-13-. The Morgan fingerprint density at radius 2 is 2.03 bits per heavy atom. The third-order valence-electron chi connectivity index (χ3n) is 4.45. The zero-order valence-corrected chi connectivity index (χ0v) is 20.6. The maximum atomic E-state index is 12.8. The van der Waals surface area contributed by atoms with Gasteiger partial charge in [-0.2, -0.15) is 0 Å². The van der Waals surface area contributed by atoms with Crippen LogP contribution in [-0.4, -0.2) is 41.7 Å². The summed E-state index contributed by atoms with van der Waals surface area (Å²) in [6, 6.07) is 10.8. The van der Waals surface area contributed by atoms with Crippen LogP contribution >= 0.6 is 27.7 Å². The van der Waals surface area contributed by atoms with Gasteiger partial charge in [0.2, 0.25) is 5.91 Å². The van der Waals surface area contributed by atoms with Gasteiger partial charge < -0.3 is 14.8 Å². The van der Waals surface area contributed by atoms with E-state index >= 15 is 0 Å². The minimum Gasteiger partial charge on any atom is -0.490 e. The zero-order valence-electron chi connectivity index (χ0n) is 18.2. The molecule has 1 saturated heterocycles. The summed E-state index contributed by atoms with van der Waals surface area (Å²) in [6.07, 6.45) is 3.22. The zero-order chi connectivity index (χ0) is 24.0. The molecule has 1 heterocycles. The third-order valence-corrected chi connectivity index (χ3v) is 5.95. The van der Waals surface area contributed by atoms with Gasteiger partial charge in [-0.25, -0.2) is 0 Å². The highest BCUT2D eigenvalue weighted by atomic mass is 79.9. The van der Waals surface area contributed by atoms with Crippen LogP contribution in [0.15, 0.2) is 58.4 Å². The van der Waals surface area contributed by atoms with E-state index < -0.39 is 17.1 Å². The van der Waals surface area contributed by atoms with Crippen LogP contribution in [-0.2, 0) is 9.59 Å². The van der Waals surface area contributed by atoms with Gasteiger partial charge in [0.25, 0.3) is 11.1 Å². The molecular weight excluding hydrogens is 508 g/mol. The number of aryl methyl sites for hydroxylation is 1. The van der Waals surface area contributed by atoms with Crippen LogP contribution in [0.5, 0.6) is 11.5 Å². The van der Waals surface area contributed by atoms with Crippen molar-refractivity contribution in [3.8, 4) is 11.5 Å². The number of halogens is 1. The molecule has 3 rings (SSSR count). The molecule has 9 heteroatoms. The van der Waals surface area contributed by atoms with Crippen molar-refractivity contribution in [2.45, 2.75) is 13.8 Å². The number of amides is 3. The molecule has 0 spiro atoms. The highest BCUT2D eigenvalue weighted by Crippen LogP contribution is 2.39. The smallest absolute Gasteiger partial charge is 0.294 e. The highest BCUT2D eigenvalue weighted by Gasteiger charge is 2.36. The summed E-state index contributed by atoms with van der Waals surface area (Å²) in [5.41, 5.74) is 2.24. The summed E-state index contributed by atoms with van der Waals surface area (Å²) in [7, 11) is 0. The van der Waals surface area contributed by atoms with Gasteiger partial charge in [0.15, 0.2) is 11.5 Å². The predicted octanol–water partition coefficient (Wildman–Crippen LogP) is 5.40. The number of ether oxygens (including phenoxy) is 2. The summed E-state index contributed by atoms with van der Waals surface area (Å²) in [5, 5.41) is 2.21. The molecule has 1 aliphatic heterocycles. The van der Waals surface area contributed by atoms with E-state index in [1.54, 1.807) is 30.4 Å². The fraction of sp³-hybridized carbons (Fsp3) is 0.208. The first kappa shape index (κ1) is 24.6. The molecule has 0 radical (unpaired) electrons. The molecule has 33 heavy (non-hydrogen) atoms. The van der Waals surface area contributed by atoms with Gasteiger partial charge in [-0.05, 0) is 83.0 Å². The third kappa shape index (κ3) is 6.27. The van der Waals surface area contributed by atoms with Crippen molar-refractivity contribution in [1.82, 2.24) is 4.90 Å². The second-order valence-electron chi connectivity index (χ2n) is 7.05. The number of nitrogens with one attached hydrogen (secondary N) is 1. The monoisotopic (exact) mass is 530 g/mol. The number of hydrogen-bond donors (Lipinski definition) is 1. The topological polar surface area (TPSA) is 84.9 Å². The Balaban J connectivity index is 1.77. The summed E-state index contributed by atoms with van der Waals surface area (Å²) in [5.74, 6) is 0.0475. The minimum absolute atomic E-state index is 0.220. The summed E-state index contributed by atoms with van der Waals surface area (Å²) in [6.45, 7) is 7.77. The molecule has 1 aliphatic rings. The van der Waals surface area contributed by atoms with Crippen molar-refractivity contribution < 1.29 is 23.9 Å². The Hall–Kier alpha value is -3.04. The largest absolute Gasteiger partial charge is 0.490 e. The Bertz CT molecular complexity index is 1130. The average molecular weight is 531 g/mol. The van der Waals surface area contributed by atoms with Crippen molar-refractivity contribution in [1.29, 1.82) is 0 Å². The molecule has 0 saturated carbocycles. The van der Waals surface area contributed by atoms with Crippen LogP contribution in [0, 0.1) is 6.92 Å². The van der Waals surface area contributed by atoms with Crippen molar-refractivity contribution in [2.24, 2.45) is 0 Å². The lowest BCUT2D eigenvalue weighted by molar-refractivity contribution is -0.127. The Morgan fingerprint density at radius 1 is 1.24 bits per heavy atom. The Morgan fingerprint density at radius 3 is 2.73 bits per heavy atom. The molecule has 0 aromatic heterocycles. The molecule has 7 nitrogen and oxygen atoms in total. The number of carbonyl (C=O) groups is 3. The molecule has 3 amide bonds. The first-order chi connectivity index (χ1) is 15.8. The highest BCUT2D eigenvalue weighted by molar-refractivity contribution is 9.10. The number of thioether (sulfide) groups is 1. The van der Waals surface area contributed by atoms with Crippen LogP contribution in [0.25, 0.3) is 6.08 Å². The quantitative estimate of drug-likeness (QED) is 0.345. The van der Waals surface area contributed by atoms with Gasteiger partial charge in [0, 0.05) is 5.69 Å². The normalized spacial score (nSPS) is 14.5. The van der Waals surface area contributed by atoms with Gasteiger partial charge in [-0.15, -0.1) is 0 Å². The summed E-state index contributed by atoms with van der Waals surface area (Å²) >= 11 is 4.25. The number of hydrogen-bond acceptors (Lipinski definition) is 6. The maximum absolute atomic E-state index is 12.8. The number of carbonyl (C=O) groups excluding carboxylic acids is 3. The van der Waals surface area contributed by atoms with Gasteiger partial charge in [-0.3, -0.25) is 19.3 Å². The molecule has 0 atom stereocenters. The second-order valence-corrected chi connectivity index (χ2v) is 8.90. The van der Waals surface area contributed by atoms with Crippen LogP contribution in [0.4, 0.5) is 10.5 Å². The molecule has 2 aromatic carbocycles. The number of rotatable bonds is 9. The van der Waals surface area contributed by atoms with E-state index in [-0.39, 0.29) is 11.4 Å². The fourth-order valence-electron chi connectivity index (χ4n) is 3.07. The van der Waals surface area contributed by atoms with Gasteiger partial charge in [0.1, 0.15) is 13.2 Å². The SMILES string of the molecule is C=CCOc1c(Br)cc(/C=C2\SC(=O)N(CC(=O)Nc3cccc(C)c3)C2=O)cc1OCC. The maximum Gasteiger partial charge on any atom is 0.294 e. The molecular formula is C24H23BrN2O5S. The fourth-order valence-corrected chi connectivity index (χ4v) is 4.48. The van der Waals surface area contributed by atoms with Crippen LogP contribution < -0.4 is 14.8 Å². The first-order valence-corrected chi connectivity index (χ1v) is 11.7. The molecule has 0 aliphatic carbocycles. The summed E-state index contributed by atoms with van der Waals surface area (Å²) < 4.78 is 12.0. The van der Waals surface area contributed by atoms with E-state index in [1.807, 2.05) is 32.0 Å². The number of benzene rings is 2. The van der Waals surface area contributed by atoms with Crippen molar-refractivity contribution in [2.75, 3.05) is 25.1 Å². The predicted molar refractivity (Wildman–Crippen MR) is 133 cm³/mol. The van der Waals surface area contributed by atoms with Gasteiger partial charge in [-0.1, -0.05) is 24.8 Å². The van der Waals surface area contributed by atoms with Crippen LogP contribution in [0.3, 0.4) is 0 Å². The minimum atomic E-state index is -0.523. The number of imide groups is 1. The number of nitrogens with zero attached hydrogens (tertiary/aromatic N) is 1. The van der Waals surface area contributed by atoms with Crippen LogP contribution in [0.2, 0.25) is 0 Å². The van der Waals surface area contributed by atoms with Crippen molar-refractivity contribution in [3.63, 3.8) is 0 Å². The molecule has 0 unspecified atom stereocenters. The number of anilines is 1. The molecule has 172 valence electrons. The van der Waals surface area contributed by atoms with Crippen LogP contribution in [0.1, 0.15) is 18.1 Å². The Labute approximate surface area is 204 Å². The lowest BCUT2D eigenvalue weighted by Gasteiger charge is -2.14. The van der Waals surface area contributed by atoms with E-state index in [2.05, 4.69) is 27.8 Å². The molecule has 2 aromatic rings. The molecule has 1 fully saturated rings. The van der Waals surface area contributed by atoms with E-state index in [0.29, 0.717) is 40.4 Å². The second kappa shape index (κ2) is 11.2. The van der Waals surface area contributed by atoms with Gasteiger partial charge >= 0.3 is 0 Å². The lowest BCUT2D eigenvalue weighted by Crippen LogP contribution is -2.36. The first-order valence-electron chi connectivity index (χ1n) is 10.1. The van der Waals surface area contributed by atoms with E-state index in [9.17, 15) is 14.4 Å². The molecule has 0 bridgehead atoms. The lowest BCUT2D eigenvalue weighted by atomic mass is 10.2. The van der Waals surface area contributed by atoms with E-state index in [0.717, 1.165) is 22.2 Å². The van der Waals surface area contributed by atoms with Crippen molar-refractivity contribution in [3.05, 3.63) is 69.6 Å².